The molecule has 1 aliphatic carbocycles. The Kier molecular flexibility index (Phi) is 4.97. The lowest BCUT2D eigenvalue weighted by Crippen LogP contribution is -2.12. The molecular weight excluding hydrogens is 374 g/mol. The molecule has 2 N–H and O–H groups in total. The number of pyridine rings is 2. The number of carbonyl (C=O) groups is 1. The predicted molar refractivity (Wildman–Crippen MR) is 117 cm³/mol. The van der Waals surface area contributed by atoms with Gasteiger partial charge in [-0.3, -0.25) is 9.78 Å². The van der Waals surface area contributed by atoms with E-state index in [1.54, 1.807) is 24.5 Å². The monoisotopic (exact) mass is 397 g/mol. The maximum Gasteiger partial charge on any atom is 0.257 e. The van der Waals surface area contributed by atoms with E-state index >= 15 is 0 Å². The van der Waals surface area contributed by atoms with Gasteiger partial charge in [0.05, 0.1) is 23.0 Å². The van der Waals surface area contributed by atoms with E-state index in [4.69, 9.17) is 9.97 Å². The average molecular weight is 397 g/mol. The summed E-state index contributed by atoms with van der Waals surface area (Å²) in [5.74, 6) is 1.00. The van der Waals surface area contributed by atoms with E-state index in [1.165, 1.54) is 32.1 Å². The highest BCUT2D eigenvalue weighted by Gasteiger charge is 2.19. The maximum atomic E-state index is 12.8. The summed E-state index contributed by atoms with van der Waals surface area (Å²) in [7, 11) is 0. The molecule has 150 valence electrons. The molecule has 0 spiro atoms. The number of amides is 1. The summed E-state index contributed by atoms with van der Waals surface area (Å²) in [6.07, 6.45) is 9.57. The quantitative estimate of drug-likeness (QED) is 0.488. The molecule has 3 aromatic heterocycles. The topological polar surface area (TPSA) is 83.6 Å². The fraction of sp³-hybridized carbons (Fsp3) is 0.250. The molecule has 6 heteroatoms. The summed E-state index contributed by atoms with van der Waals surface area (Å²) >= 11 is 0. The number of nitrogens with zero attached hydrogens (tertiary/aromatic N) is 3. The average Bonchev–Trinajstić information content (AvgIpc) is 3.25. The lowest BCUT2D eigenvalue weighted by Gasteiger charge is -2.21. The molecule has 4 aromatic rings. The number of hydrogen-bond donors (Lipinski definition) is 2. The third-order valence-electron chi connectivity index (χ3n) is 5.71. The molecule has 0 aliphatic heterocycles. The number of rotatable bonds is 4. The second-order valence-electron chi connectivity index (χ2n) is 7.77. The predicted octanol–water partition coefficient (Wildman–Crippen LogP) is 5.32. The van der Waals surface area contributed by atoms with Gasteiger partial charge in [0.15, 0.2) is 5.82 Å². The molecule has 1 amide bonds. The van der Waals surface area contributed by atoms with Crippen molar-refractivity contribution in [1.82, 2.24) is 19.9 Å². The third kappa shape index (κ3) is 3.68. The normalized spacial score (nSPS) is 14.7. The van der Waals surface area contributed by atoms with E-state index < -0.39 is 0 Å². The Morgan fingerprint density at radius 1 is 0.967 bits per heavy atom. The zero-order chi connectivity index (χ0) is 20.3. The van der Waals surface area contributed by atoms with Crippen LogP contribution >= 0.6 is 0 Å². The van der Waals surface area contributed by atoms with Crippen LogP contribution in [0, 0.1) is 0 Å². The van der Waals surface area contributed by atoms with E-state index in [0.717, 1.165) is 16.9 Å². The minimum absolute atomic E-state index is 0.212. The standard InChI is InChI=1S/C24H23N5O/c30-24(26-17-9-6-14-25-15-17)18-10-4-12-20-22(18)29-23(28-20)21-13-5-11-19(27-21)16-7-2-1-3-8-16/h4-6,9-16H,1-3,7-8H2,(H,26,30)(H,28,29). The summed E-state index contributed by atoms with van der Waals surface area (Å²) in [5.41, 5.74) is 4.57. The number of nitrogens with one attached hydrogen (secondary N) is 2. The Hall–Kier alpha value is -3.54. The van der Waals surface area contributed by atoms with E-state index in [-0.39, 0.29) is 5.91 Å². The SMILES string of the molecule is O=C(Nc1cccnc1)c1cccc2[nH]c(-c3cccc(C4CCCCC4)n3)nc12. The van der Waals surface area contributed by atoms with Gasteiger partial charge in [0.25, 0.3) is 5.91 Å². The number of para-hydroxylation sites is 1. The van der Waals surface area contributed by atoms with Crippen molar-refractivity contribution in [3.8, 4) is 11.5 Å². The molecule has 1 fully saturated rings. The first kappa shape index (κ1) is 18.5. The van der Waals surface area contributed by atoms with Crippen LogP contribution in [0.5, 0.6) is 0 Å². The van der Waals surface area contributed by atoms with Crippen molar-refractivity contribution in [3.05, 3.63) is 72.2 Å². The number of anilines is 1. The van der Waals surface area contributed by atoms with Crippen molar-refractivity contribution in [1.29, 1.82) is 0 Å². The van der Waals surface area contributed by atoms with Gasteiger partial charge < -0.3 is 10.3 Å². The Morgan fingerprint density at radius 2 is 1.83 bits per heavy atom. The fourth-order valence-corrected chi connectivity index (χ4v) is 4.18. The zero-order valence-electron chi connectivity index (χ0n) is 16.6. The van der Waals surface area contributed by atoms with Gasteiger partial charge in [0, 0.05) is 17.8 Å². The van der Waals surface area contributed by atoms with Gasteiger partial charge >= 0.3 is 0 Å². The summed E-state index contributed by atoms with van der Waals surface area (Å²) in [5, 5.41) is 2.88. The fourth-order valence-electron chi connectivity index (χ4n) is 4.18. The first-order valence-corrected chi connectivity index (χ1v) is 10.5. The van der Waals surface area contributed by atoms with Gasteiger partial charge in [-0.1, -0.05) is 31.4 Å². The van der Waals surface area contributed by atoms with Crippen molar-refractivity contribution < 1.29 is 4.79 Å². The zero-order valence-corrected chi connectivity index (χ0v) is 16.6. The van der Waals surface area contributed by atoms with Crippen molar-refractivity contribution in [2.75, 3.05) is 5.32 Å². The highest BCUT2D eigenvalue weighted by molar-refractivity contribution is 6.11. The number of benzene rings is 1. The van der Waals surface area contributed by atoms with Crippen LogP contribution in [0.15, 0.2) is 60.9 Å². The number of H-pyrrole nitrogens is 1. The number of imidazole rings is 1. The summed E-state index contributed by atoms with van der Waals surface area (Å²) < 4.78 is 0. The van der Waals surface area contributed by atoms with Gasteiger partial charge in [0.2, 0.25) is 0 Å². The van der Waals surface area contributed by atoms with E-state index in [0.29, 0.717) is 28.5 Å². The van der Waals surface area contributed by atoms with E-state index in [2.05, 4.69) is 27.4 Å². The van der Waals surface area contributed by atoms with Crippen LogP contribution in [0.25, 0.3) is 22.6 Å². The first-order chi connectivity index (χ1) is 14.8. The van der Waals surface area contributed by atoms with Gasteiger partial charge in [-0.25, -0.2) is 9.97 Å². The minimum atomic E-state index is -0.212. The molecule has 3 heterocycles. The molecule has 6 nitrogen and oxygen atoms in total. The molecule has 1 aromatic carbocycles. The molecule has 0 unspecified atom stereocenters. The second-order valence-corrected chi connectivity index (χ2v) is 7.77. The minimum Gasteiger partial charge on any atom is -0.337 e. The van der Waals surface area contributed by atoms with Crippen LogP contribution in [0.2, 0.25) is 0 Å². The van der Waals surface area contributed by atoms with Gasteiger partial charge in [-0.15, -0.1) is 0 Å². The number of aromatic nitrogens is 4. The Bertz CT molecular complexity index is 1180. The second kappa shape index (κ2) is 8.06. The summed E-state index contributed by atoms with van der Waals surface area (Å²) in [6.45, 7) is 0. The van der Waals surface area contributed by atoms with Crippen molar-refractivity contribution in [3.63, 3.8) is 0 Å². The number of aromatic amines is 1. The Labute approximate surface area is 174 Å². The van der Waals surface area contributed by atoms with Gasteiger partial charge in [0.1, 0.15) is 11.2 Å². The van der Waals surface area contributed by atoms with Gasteiger partial charge in [-0.05, 0) is 49.2 Å². The van der Waals surface area contributed by atoms with E-state index in [9.17, 15) is 4.79 Å². The summed E-state index contributed by atoms with van der Waals surface area (Å²) in [6, 6.07) is 15.3. The molecule has 0 saturated heterocycles. The smallest absolute Gasteiger partial charge is 0.257 e. The molecule has 0 atom stereocenters. The highest BCUT2D eigenvalue weighted by atomic mass is 16.1. The third-order valence-corrected chi connectivity index (χ3v) is 5.71. The highest BCUT2D eigenvalue weighted by Crippen LogP contribution is 2.32. The van der Waals surface area contributed by atoms with Crippen LogP contribution in [0.1, 0.15) is 54.1 Å². The number of fused-ring (bicyclic) bond motifs is 1. The van der Waals surface area contributed by atoms with Crippen molar-refractivity contribution in [2.45, 2.75) is 38.0 Å². The van der Waals surface area contributed by atoms with E-state index in [1.807, 2.05) is 24.3 Å². The maximum absolute atomic E-state index is 12.8. The van der Waals surface area contributed by atoms with Crippen molar-refractivity contribution in [2.24, 2.45) is 0 Å². The van der Waals surface area contributed by atoms with Crippen LogP contribution < -0.4 is 5.32 Å². The summed E-state index contributed by atoms with van der Waals surface area (Å²) in [4.78, 5) is 29.8. The Balaban J connectivity index is 1.47. The Morgan fingerprint density at radius 3 is 2.67 bits per heavy atom. The number of hydrogen-bond acceptors (Lipinski definition) is 4. The van der Waals surface area contributed by atoms with Crippen LogP contribution in [-0.2, 0) is 0 Å². The molecule has 30 heavy (non-hydrogen) atoms. The lowest BCUT2D eigenvalue weighted by molar-refractivity contribution is 0.102. The van der Waals surface area contributed by atoms with Crippen LogP contribution in [0.4, 0.5) is 5.69 Å². The molecule has 1 saturated carbocycles. The molecule has 1 aliphatic rings. The van der Waals surface area contributed by atoms with Crippen LogP contribution in [0.3, 0.4) is 0 Å². The van der Waals surface area contributed by atoms with Crippen LogP contribution in [-0.4, -0.2) is 25.8 Å². The van der Waals surface area contributed by atoms with Gasteiger partial charge in [-0.2, -0.15) is 0 Å². The number of carbonyl (C=O) groups excluding carboxylic acids is 1. The molecule has 5 rings (SSSR count). The molecular formula is C24H23N5O. The molecule has 0 bridgehead atoms. The van der Waals surface area contributed by atoms with Crippen molar-refractivity contribution >= 4 is 22.6 Å². The lowest BCUT2D eigenvalue weighted by atomic mass is 9.86. The largest absolute Gasteiger partial charge is 0.337 e. The molecule has 0 radical (unpaired) electrons. The first-order valence-electron chi connectivity index (χ1n) is 10.5.